The SMILES string of the molecule is Cc1cc(NC(C)CC2CCCN2)ccc1Br. The van der Waals surface area contributed by atoms with Gasteiger partial charge in [-0.15, -0.1) is 0 Å². The third-order valence-electron chi connectivity index (χ3n) is 3.37. The molecule has 0 amide bonds. The van der Waals surface area contributed by atoms with E-state index < -0.39 is 0 Å². The van der Waals surface area contributed by atoms with Crippen LogP contribution in [0.5, 0.6) is 0 Å². The molecule has 94 valence electrons. The number of benzene rings is 1. The van der Waals surface area contributed by atoms with Crippen molar-refractivity contribution >= 4 is 21.6 Å². The van der Waals surface area contributed by atoms with Crippen LogP contribution in [-0.4, -0.2) is 18.6 Å². The maximum atomic E-state index is 3.58. The highest BCUT2D eigenvalue weighted by molar-refractivity contribution is 9.10. The first-order valence-electron chi connectivity index (χ1n) is 6.41. The lowest BCUT2D eigenvalue weighted by atomic mass is 10.1. The van der Waals surface area contributed by atoms with Gasteiger partial charge in [-0.3, -0.25) is 0 Å². The molecule has 1 aromatic carbocycles. The van der Waals surface area contributed by atoms with E-state index in [4.69, 9.17) is 0 Å². The molecular formula is C14H21BrN2. The third kappa shape index (κ3) is 3.71. The zero-order valence-corrected chi connectivity index (χ0v) is 12.2. The van der Waals surface area contributed by atoms with Crippen LogP contribution in [0.15, 0.2) is 22.7 Å². The van der Waals surface area contributed by atoms with Crippen LogP contribution in [0.1, 0.15) is 31.7 Å². The Morgan fingerprint density at radius 1 is 1.53 bits per heavy atom. The number of hydrogen-bond acceptors (Lipinski definition) is 2. The van der Waals surface area contributed by atoms with E-state index in [1.165, 1.54) is 41.5 Å². The Kier molecular flexibility index (Phi) is 4.46. The van der Waals surface area contributed by atoms with Crippen LogP contribution >= 0.6 is 15.9 Å². The van der Waals surface area contributed by atoms with Crippen LogP contribution in [0.3, 0.4) is 0 Å². The van der Waals surface area contributed by atoms with Gasteiger partial charge in [-0.2, -0.15) is 0 Å². The largest absolute Gasteiger partial charge is 0.383 e. The summed E-state index contributed by atoms with van der Waals surface area (Å²) in [4.78, 5) is 0. The van der Waals surface area contributed by atoms with Crippen molar-refractivity contribution in [2.24, 2.45) is 0 Å². The average Bonchev–Trinajstić information content (AvgIpc) is 2.76. The van der Waals surface area contributed by atoms with E-state index in [0.717, 1.165) is 0 Å². The number of anilines is 1. The number of nitrogens with one attached hydrogen (secondary N) is 2. The maximum Gasteiger partial charge on any atom is 0.0345 e. The van der Waals surface area contributed by atoms with Crippen molar-refractivity contribution in [2.75, 3.05) is 11.9 Å². The van der Waals surface area contributed by atoms with Gasteiger partial charge in [0.25, 0.3) is 0 Å². The molecule has 17 heavy (non-hydrogen) atoms. The summed E-state index contributed by atoms with van der Waals surface area (Å²) in [5.41, 5.74) is 2.50. The zero-order chi connectivity index (χ0) is 12.3. The van der Waals surface area contributed by atoms with Crippen molar-refractivity contribution < 1.29 is 0 Å². The molecule has 1 fully saturated rings. The van der Waals surface area contributed by atoms with Crippen LogP contribution in [0.2, 0.25) is 0 Å². The van der Waals surface area contributed by atoms with Crippen molar-refractivity contribution in [1.82, 2.24) is 5.32 Å². The lowest BCUT2D eigenvalue weighted by molar-refractivity contribution is 0.523. The predicted octanol–water partition coefficient (Wildman–Crippen LogP) is 3.70. The molecule has 0 aromatic heterocycles. The highest BCUT2D eigenvalue weighted by Gasteiger charge is 2.16. The first-order valence-corrected chi connectivity index (χ1v) is 7.20. The molecule has 1 heterocycles. The van der Waals surface area contributed by atoms with Crippen molar-refractivity contribution in [2.45, 2.75) is 45.2 Å². The summed E-state index contributed by atoms with van der Waals surface area (Å²) >= 11 is 3.53. The predicted molar refractivity (Wildman–Crippen MR) is 77.6 cm³/mol. The second-order valence-electron chi connectivity index (χ2n) is 5.04. The van der Waals surface area contributed by atoms with E-state index in [-0.39, 0.29) is 0 Å². The monoisotopic (exact) mass is 296 g/mol. The number of aryl methyl sites for hydroxylation is 1. The van der Waals surface area contributed by atoms with Crippen molar-refractivity contribution in [3.05, 3.63) is 28.2 Å². The van der Waals surface area contributed by atoms with Gasteiger partial charge in [0.15, 0.2) is 0 Å². The van der Waals surface area contributed by atoms with Crippen LogP contribution in [0, 0.1) is 6.92 Å². The fourth-order valence-electron chi connectivity index (χ4n) is 2.46. The van der Waals surface area contributed by atoms with Gasteiger partial charge in [0, 0.05) is 22.2 Å². The molecule has 0 saturated carbocycles. The highest BCUT2D eigenvalue weighted by atomic mass is 79.9. The first-order chi connectivity index (χ1) is 8.15. The molecule has 2 N–H and O–H groups in total. The average molecular weight is 297 g/mol. The van der Waals surface area contributed by atoms with E-state index in [1.54, 1.807) is 0 Å². The summed E-state index contributed by atoms with van der Waals surface area (Å²) in [7, 11) is 0. The summed E-state index contributed by atoms with van der Waals surface area (Å²) in [6.07, 6.45) is 3.86. The van der Waals surface area contributed by atoms with E-state index in [2.05, 4.69) is 58.6 Å². The molecule has 1 aliphatic rings. The van der Waals surface area contributed by atoms with E-state index in [0.29, 0.717) is 12.1 Å². The lowest BCUT2D eigenvalue weighted by Gasteiger charge is -2.19. The number of halogens is 1. The molecule has 3 heteroatoms. The first kappa shape index (κ1) is 12.9. The molecular weight excluding hydrogens is 276 g/mol. The molecule has 0 radical (unpaired) electrons. The fraction of sp³-hybridized carbons (Fsp3) is 0.571. The minimum Gasteiger partial charge on any atom is -0.383 e. The summed E-state index contributed by atoms with van der Waals surface area (Å²) in [5, 5.41) is 7.12. The zero-order valence-electron chi connectivity index (χ0n) is 10.6. The smallest absolute Gasteiger partial charge is 0.0345 e. The normalized spacial score (nSPS) is 21.5. The standard InChI is InChI=1S/C14H21BrN2/c1-10-8-13(5-6-14(10)15)17-11(2)9-12-4-3-7-16-12/h5-6,8,11-12,16-17H,3-4,7,9H2,1-2H3. The van der Waals surface area contributed by atoms with Gasteiger partial charge in [0.05, 0.1) is 0 Å². The fourth-order valence-corrected chi connectivity index (χ4v) is 2.71. The molecule has 2 atom stereocenters. The molecule has 2 nitrogen and oxygen atoms in total. The van der Waals surface area contributed by atoms with Crippen molar-refractivity contribution in [1.29, 1.82) is 0 Å². The molecule has 2 unspecified atom stereocenters. The van der Waals surface area contributed by atoms with Crippen molar-refractivity contribution in [3.63, 3.8) is 0 Å². The highest BCUT2D eigenvalue weighted by Crippen LogP contribution is 2.21. The second kappa shape index (κ2) is 5.87. The number of hydrogen-bond donors (Lipinski definition) is 2. The quantitative estimate of drug-likeness (QED) is 0.885. The van der Waals surface area contributed by atoms with Gasteiger partial charge in [-0.1, -0.05) is 15.9 Å². The van der Waals surface area contributed by atoms with Crippen LogP contribution in [-0.2, 0) is 0 Å². The molecule has 0 bridgehead atoms. The van der Waals surface area contributed by atoms with E-state index in [9.17, 15) is 0 Å². The van der Waals surface area contributed by atoms with Gasteiger partial charge in [-0.25, -0.2) is 0 Å². The Labute approximate surface area is 112 Å². The minimum absolute atomic E-state index is 0.520. The summed E-state index contributed by atoms with van der Waals surface area (Å²) in [6, 6.07) is 7.66. The topological polar surface area (TPSA) is 24.1 Å². The van der Waals surface area contributed by atoms with Crippen molar-refractivity contribution in [3.8, 4) is 0 Å². The molecule has 0 spiro atoms. The second-order valence-corrected chi connectivity index (χ2v) is 5.89. The van der Waals surface area contributed by atoms with Gasteiger partial charge in [-0.05, 0) is 63.4 Å². The maximum absolute atomic E-state index is 3.58. The Morgan fingerprint density at radius 3 is 3.00 bits per heavy atom. The summed E-state index contributed by atoms with van der Waals surface area (Å²) in [5.74, 6) is 0. The Hall–Kier alpha value is -0.540. The number of rotatable bonds is 4. The van der Waals surface area contributed by atoms with Gasteiger partial charge in [0.2, 0.25) is 0 Å². The molecule has 1 aliphatic heterocycles. The molecule has 1 saturated heterocycles. The molecule has 2 rings (SSSR count). The minimum atomic E-state index is 0.520. The third-order valence-corrected chi connectivity index (χ3v) is 4.26. The Morgan fingerprint density at radius 2 is 2.35 bits per heavy atom. The molecule has 1 aromatic rings. The summed E-state index contributed by atoms with van der Waals surface area (Å²) in [6.45, 7) is 5.57. The Bertz CT molecular complexity index is 372. The summed E-state index contributed by atoms with van der Waals surface area (Å²) < 4.78 is 1.17. The Balaban J connectivity index is 1.88. The van der Waals surface area contributed by atoms with Crippen LogP contribution in [0.4, 0.5) is 5.69 Å². The van der Waals surface area contributed by atoms with E-state index >= 15 is 0 Å². The van der Waals surface area contributed by atoms with Crippen LogP contribution < -0.4 is 10.6 Å². The van der Waals surface area contributed by atoms with Gasteiger partial charge in [0.1, 0.15) is 0 Å². The van der Waals surface area contributed by atoms with E-state index in [1.807, 2.05) is 0 Å². The van der Waals surface area contributed by atoms with Gasteiger partial charge < -0.3 is 10.6 Å². The van der Waals surface area contributed by atoms with Gasteiger partial charge >= 0.3 is 0 Å². The lowest BCUT2D eigenvalue weighted by Crippen LogP contribution is -2.29. The molecule has 0 aliphatic carbocycles. The van der Waals surface area contributed by atoms with Crippen LogP contribution in [0.25, 0.3) is 0 Å².